The van der Waals surface area contributed by atoms with Crippen LogP contribution in [0.15, 0.2) is 0 Å². The zero-order valence-electron chi connectivity index (χ0n) is 9.84. The Morgan fingerprint density at radius 2 is 2.00 bits per heavy atom. The highest BCUT2D eigenvalue weighted by Gasteiger charge is 1.96. The van der Waals surface area contributed by atoms with Gasteiger partial charge in [-0.15, -0.1) is 0 Å². The normalized spacial score (nSPS) is 10.4. The number of thiocarbonyl (C=S) groups is 1. The second kappa shape index (κ2) is 10.1. The summed E-state index contributed by atoms with van der Waals surface area (Å²) in [5.41, 5.74) is 0. The quantitative estimate of drug-likeness (QED) is 0.483. The molecule has 0 aliphatic rings. The van der Waals surface area contributed by atoms with Crippen LogP contribution in [0.3, 0.4) is 0 Å². The highest BCUT2D eigenvalue weighted by molar-refractivity contribution is 7.80. The van der Waals surface area contributed by atoms with Gasteiger partial charge in [0.1, 0.15) is 0 Å². The number of ether oxygens (including phenoxy) is 2. The van der Waals surface area contributed by atoms with Gasteiger partial charge >= 0.3 is 0 Å². The van der Waals surface area contributed by atoms with Gasteiger partial charge in [0, 0.05) is 26.3 Å². The molecule has 0 rings (SSSR count). The van der Waals surface area contributed by atoms with Gasteiger partial charge in [0.05, 0.1) is 13.2 Å². The molecule has 0 atom stereocenters. The van der Waals surface area contributed by atoms with Gasteiger partial charge in [-0.3, -0.25) is 0 Å². The van der Waals surface area contributed by atoms with Crippen molar-refractivity contribution < 1.29 is 9.47 Å². The van der Waals surface area contributed by atoms with Crippen LogP contribution in [-0.2, 0) is 9.47 Å². The van der Waals surface area contributed by atoms with Crippen LogP contribution in [0.4, 0.5) is 0 Å². The maximum Gasteiger partial charge on any atom is 0.166 e. The van der Waals surface area contributed by atoms with Gasteiger partial charge in [0.25, 0.3) is 0 Å². The molecular formula is C10H22N2O2S. The summed E-state index contributed by atoms with van der Waals surface area (Å²) in [5, 5.41) is 6.94. The average Bonchev–Trinajstić information content (AvgIpc) is 2.15. The van der Waals surface area contributed by atoms with E-state index in [1.54, 1.807) is 7.11 Å². The SMILES string of the molecule is COCCOCCCNC(=S)NC(C)C. The lowest BCUT2D eigenvalue weighted by Crippen LogP contribution is -2.39. The molecule has 0 radical (unpaired) electrons. The van der Waals surface area contributed by atoms with Crippen molar-refractivity contribution in [3.05, 3.63) is 0 Å². The lowest BCUT2D eigenvalue weighted by molar-refractivity contribution is 0.0699. The number of nitrogens with one attached hydrogen (secondary N) is 2. The first-order valence-electron chi connectivity index (χ1n) is 5.28. The fourth-order valence-electron chi connectivity index (χ4n) is 0.934. The molecular weight excluding hydrogens is 212 g/mol. The Hall–Kier alpha value is -0.390. The van der Waals surface area contributed by atoms with Crippen molar-refractivity contribution in [1.82, 2.24) is 10.6 Å². The molecule has 4 nitrogen and oxygen atoms in total. The van der Waals surface area contributed by atoms with Gasteiger partial charge in [-0.1, -0.05) is 0 Å². The monoisotopic (exact) mass is 234 g/mol. The molecule has 0 aliphatic heterocycles. The lowest BCUT2D eigenvalue weighted by Gasteiger charge is -2.12. The number of hydrogen-bond acceptors (Lipinski definition) is 3. The highest BCUT2D eigenvalue weighted by Crippen LogP contribution is 1.83. The maximum absolute atomic E-state index is 5.31. The van der Waals surface area contributed by atoms with Crippen LogP contribution in [0.25, 0.3) is 0 Å². The Bertz CT molecular complexity index is 166. The fraction of sp³-hybridized carbons (Fsp3) is 0.900. The summed E-state index contributed by atoms with van der Waals surface area (Å²) in [5.74, 6) is 0. The van der Waals surface area contributed by atoms with Crippen molar-refractivity contribution >= 4 is 17.3 Å². The van der Waals surface area contributed by atoms with E-state index in [0.29, 0.717) is 24.4 Å². The van der Waals surface area contributed by atoms with Crippen LogP contribution in [0.1, 0.15) is 20.3 Å². The third kappa shape index (κ3) is 11.5. The second-order valence-electron chi connectivity index (χ2n) is 3.51. The molecule has 0 saturated heterocycles. The van der Waals surface area contributed by atoms with Gasteiger partial charge in [0.15, 0.2) is 5.11 Å². The molecule has 0 bridgehead atoms. The minimum atomic E-state index is 0.378. The largest absolute Gasteiger partial charge is 0.382 e. The predicted molar refractivity (Wildman–Crippen MR) is 66.2 cm³/mol. The zero-order chi connectivity index (χ0) is 11.5. The van der Waals surface area contributed by atoms with E-state index in [1.807, 2.05) is 0 Å². The van der Waals surface area contributed by atoms with Crippen molar-refractivity contribution in [1.29, 1.82) is 0 Å². The Morgan fingerprint density at radius 3 is 2.60 bits per heavy atom. The fourth-order valence-corrected chi connectivity index (χ4v) is 1.27. The first-order chi connectivity index (χ1) is 7.16. The molecule has 0 fully saturated rings. The van der Waals surface area contributed by atoms with Crippen LogP contribution in [0.2, 0.25) is 0 Å². The van der Waals surface area contributed by atoms with E-state index in [4.69, 9.17) is 21.7 Å². The molecule has 0 aliphatic carbocycles. The van der Waals surface area contributed by atoms with Crippen LogP contribution in [0, 0.1) is 0 Å². The van der Waals surface area contributed by atoms with Gasteiger partial charge < -0.3 is 20.1 Å². The zero-order valence-corrected chi connectivity index (χ0v) is 10.7. The summed E-state index contributed by atoms with van der Waals surface area (Å²) in [6.45, 7) is 7.00. The van der Waals surface area contributed by atoms with E-state index in [2.05, 4.69) is 24.5 Å². The van der Waals surface area contributed by atoms with Crippen molar-refractivity contribution in [3.63, 3.8) is 0 Å². The highest BCUT2D eigenvalue weighted by atomic mass is 32.1. The summed E-state index contributed by atoms with van der Waals surface area (Å²) in [4.78, 5) is 0. The standard InChI is InChI=1S/C10H22N2O2S/c1-9(2)12-10(15)11-5-4-6-14-8-7-13-3/h9H,4-8H2,1-3H3,(H2,11,12,15). The van der Waals surface area contributed by atoms with E-state index in [1.165, 1.54) is 0 Å². The van der Waals surface area contributed by atoms with Gasteiger partial charge in [0.2, 0.25) is 0 Å². The van der Waals surface area contributed by atoms with Crippen molar-refractivity contribution in [2.24, 2.45) is 0 Å². The summed E-state index contributed by atoms with van der Waals surface area (Å²) in [6, 6.07) is 0.378. The van der Waals surface area contributed by atoms with Gasteiger partial charge in [-0.05, 0) is 32.5 Å². The second-order valence-corrected chi connectivity index (χ2v) is 3.92. The summed E-state index contributed by atoms with van der Waals surface area (Å²) in [6.07, 6.45) is 0.948. The molecule has 15 heavy (non-hydrogen) atoms. The number of hydrogen-bond donors (Lipinski definition) is 2. The minimum absolute atomic E-state index is 0.378. The Balaban J connectivity index is 3.13. The third-order valence-corrected chi connectivity index (χ3v) is 1.86. The first-order valence-corrected chi connectivity index (χ1v) is 5.68. The summed E-state index contributed by atoms with van der Waals surface area (Å²) < 4.78 is 10.2. The predicted octanol–water partition coefficient (Wildman–Crippen LogP) is 0.912. The molecule has 0 spiro atoms. The number of rotatable bonds is 8. The average molecular weight is 234 g/mol. The maximum atomic E-state index is 5.31. The van der Waals surface area contributed by atoms with E-state index < -0.39 is 0 Å². The van der Waals surface area contributed by atoms with E-state index >= 15 is 0 Å². The van der Waals surface area contributed by atoms with Crippen LogP contribution < -0.4 is 10.6 Å². The topological polar surface area (TPSA) is 42.5 Å². The molecule has 0 saturated carbocycles. The van der Waals surface area contributed by atoms with E-state index in [9.17, 15) is 0 Å². The van der Waals surface area contributed by atoms with Crippen molar-refractivity contribution in [3.8, 4) is 0 Å². The molecule has 2 N–H and O–H groups in total. The Kier molecular flexibility index (Phi) is 9.88. The van der Waals surface area contributed by atoms with Crippen molar-refractivity contribution in [2.75, 3.05) is 33.5 Å². The number of methoxy groups -OCH3 is 1. The molecule has 0 heterocycles. The lowest BCUT2D eigenvalue weighted by atomic mass is 10.4. The van der Waals surface area contributed by atoms with Crippen molar-refractivity contribution in [2.45, 2.75) is 26.3 Å². The minimum Gasteiger partial charge on any atom is -0.382 e. The van der Waals surface area contributed by atoms with Crippen LogP contribution in [-0.4, -0.2) is 44.6 Å². The van der Waals surface area contributed by atoms with Crippen LogP contribution >= 0.6 is 12.2 Å². The molecule has 0 amide bonds. The van der Waals surface area contributed by atoms with Gasteiger partial charge in [-0.25, -0.2) is 0 Å². The Labute approximate surface area is 97.7 Å². The summed E-state index contributed by atoms with van der Waals surface area (Å²) in [7, 11) is 1.67. The third-order valence-electron chi connectivity index (χ3n) is 1.60. The molecule has 90 valence electrons. The first kappa shape index (κ1) is 14.6. The molecule has 5 heteroatoms. The van der Waals surface area contributed by atoms with E-state index in [-0.39, 0.29) is 0 Å². The smallest absolute Gasteiger partial charge is 0.166 e. The molecule has 0 aromatic carbocycles. The van der Waals surface area contributed by atoms with Crippen LogP contribution in [0.5, 0.6) is 0 Å². The molecule has 0 aromatic heterocycles. The Morgan fingerprint density at radius 1 is 1.27 bits per heavy atom. The summed E-state index contributed by atoms with van der Waals surface area (Å²) >= 11 is 5.07. The van der Waals surface area contributed by atoms with E-state index in [0.717, 1.165) is 19.6 Å². The molecule has 0 aromatic rings. The molecule has 0 unspecified atom stereocenters. The van der Waals surface area contributed by atoms with Gasteiger partial charge in [-0.2, -0.15) is 0 Å².